The number of aryl methyl sites for hydroxylation is 1. The van der Waals surface area contributed by atoms with Crippen LogP contribution >= 0.6 is 0 Å². The first kappa shape index (κ1) is 37.8. The molecule has 0 saturated carbocycles. The summed E-state index contributed by atoms with van der Waals surface area (Å²) >= 11 is 0. The zero-order valence-corrected chi connectivity index (χ0v) is 33.2. The Bertz CT molecular complexity index is 2100. The Morgan fingerprint density at radius 3 is 2.39 bits per heavy atom. The number of amides is 2. The highest BCUT2D eigenvalue weighted by molar-refractivity contribution is 6.02. The number of nitrogens with zero attached hydrogens (tertiary/aromatic N) is 6. The molecule has 4 aliphatic heterocycles. The lowest BCUT2D eigenvalue weighted by atomic mass is 9.71. The number of aldehydes is 1. The second kappa shape index (κ2) is 15.4. The van der Waals surface area contributed by atoms with Crippen LogP contribution in [0.3, 0.4) is 0 Å². The first-order valence-corrected chi connectivity index (χ1v) is 19.7. The zero-order valence-electron chi connectivity index (χ0n) is 33.2. The van der Waals surface area contributed by atoms with Gasteiger partial charge in [0.15, 0.2) is 0 Å². The minimum absolute atomic E-state index is 0.132. The highest BCUT2D eigenvalue weighted by Crippen LogP contribution is 2.44. The Morgan fingerprint density at radius 1 is 1.00 bits per heavy atom. The number of hydrogen-bond acceptors (Lipinski definition) is 10. The number of anilines is 1. The maximum absolute atomic E-state index is 13.4. The van der Waals surface area contributed by atoms with Gasteiger partial charge in [0.1, 0.15) is 23.8 Å². The van der Waals surface area contributed by atoms with Gasteiger partial charge in [0.2, 0.25) is 11.8 Å². The van der Waals surface area contributed by atoms with Crippen molar-refractivity contribution in [2.45, 2.75) is 44.8 Å². The Morgan fingerprint density at radius 2 is 1.73 bits per heavy atom. The molecule has 4 aliphatic rings. The minimum atomic E-state index is -0.648. The predicted molar refractivity (Wildman–Crippen MR) is 214 cm³/mol. The SMILES string of the molecule is CNC(=O)C(CCC=O)N1Cc2ccc(N3CC4(CCN(CC5CN(Cc6c(OC)cc(-c7cn(C)c8cnc(OC)cc78)cc6OC)C5)CC4)C3)cc2C1=O. The largest absolute Gasteiger partial charge is 0.496 e. The molecule has 1 atom stereocenters. The second-order valence-electron chi connectivity index (χ2n) is 16.1. The molecule has 0 bridgehead atoms. The third kappa shape index (κ3) is 6.95. The van der Waals surface area contributed by atoms with Gasteiger partial charge in [-0.3, -0.25) is 14.5 Å². The lowest BCUT2D eigenvalue weighted by Crippen LogP contribution is -2.61. The Hall–Kier alpha value is -5.14. The molecule has 2 aromatic carbocycles. The normalized spacial score (nSPS) is 18.8. The monoisotopic (exact) mass is 763 g/mol. The fourth-order valence-corrected chi connectivity index (χ4v) is 9.46. The third-order valence-electron chi connectivity index (χ3n) is 12.7. The van der Waals surface area contributed by atoms with E-state index in [1.54, 1.807) is 33.3 Å². The molecule has 3 saturated heterocycles. The van der Waals surface area contributed by atoms with Crippen LogP contribution in [0.25, 0.3) is 22.0 Å². The van der Waals surface area contributed by atoms with Crippen molar-refractivity contribution in [2.24, 2.45) is 18.4 Å². The van der Waals surface area contributed by atoms with E-state index in [9.17, 15) is 14.4 Å². The summed E-state index contributed by atoms with van der Waals surface area (Å²) in [4.78, 5) is 50.6. The van der Waals surface area contributed by atoms with E-state index in [1.807, 2.05) is 31.4 Å². The van der Waals surface area contributed by atoms with Crippen LogP contribution in [0.15, 0.2) is 48.8 Å². The first-order valence-electron chi connectivity index (χ1n) is 19.7. The second-order valence-corrected chi connectivity index (χ2v) is 16.1. The van der Waals surface area contributed by atoms with Gasteiger partial charge in [-0.1, -0.05) is 6.07 Å². The van der Waals surface area contributed by atoms with Gasteiger partial charge < -0.3 is 43.6 Å². The fraction of sp³-hybridized carbons (Fsp3) is 0.488. The number of ether oxygens (including phenoxy) is 3. The Labute approximate surface area is 328 Å². The van der Waals surface area contributed by atoms with Crippen molar-refractivity contribution in [1.82, 2.24) is 29.6 Å². The summed E-state index contributed by atoms with van der Waals surface area (Å²) < 4.78 is 19.4. The zero-order chi connectivity index (χ0) is 39.1. The van der Waals surface area contributed by atoms with Crippen molar-refractivity contribution < 1.29 is 28.6 Å². The van der Waals surface area contributed by atoms with Crippen molar-refractivity contribution in [2.75, 3.05) is 79.1 Å². The van der Waals surface area contributed by atoms with Gasteiger partial charge >= 0.3 is 0 Å². The number of rotatable bonds is 14. The quantitative estimate of drug-likeness (QED) is 0.186. The fourth-order valence-electron chi connectivity index (χ4n) is 9.46. The highest BCUT2D eigenvalue weighted by Gasteiger charge is 2.46. The van der Waals surface area contributed by atoms with E-state index in [4.69, 9.17) is 14.2 Å². The molecule has 0 radical (unpaired) electrons. The van der Waals surface area contributed by atoms with E-state index in [1.165, 1.54) is 12.8 Å². The van der Waals surface area contributed by atoms with E-state index in [0.29, 0.717) is 35.7 Å². The number of carbonyl (C=O) groups excluding carboxylic acids is 3. The van der Waals surface area contributed by atoms with Crippen molar-refractivity contribution >= 4 is 34.7 Å². The number of methoxy groups -OCH3 is 3. The van der Waals surface area contributed by atoms with Crippen molar-refractivity contribution in [3.63, 3.8) is 0 Å². The van der Waals surface area contributed by atoms with E-state index in [0.717, 1.165) is 109 Å². The topological polar surface area (TPSA) is 122 Å². The molecule has 1 unspecified atom stereocenters. The van der Waals surface area contributed by atoms with Crippen LogP contribution in [-0.2, 0) is 29.7 Å². The lowest BCUT2D eigenvalue weighted by molar-refractivity contribution is -0.125. The van der Waals surface area contributed by atoms with Crippen molar-refractivity contribution in [1.29, 1.82) is 0 Å². The Balaban J connectivity index is 0.829. The van der Waals surface area contributed by atoms with Crippen LogP contribution in [0.5, 0.6) is 17.4 Å². The molecule has 2 aromatic heterocycles. The summed E-state index contributed by atoms with van der Waals surface area (Å²) in [6, 6.07) is 11.7. The number of likely N-dealkylation sites (N-methyl/N-ethyl adjacent to an activating group) is 1. The number of nitrogens with one attached hydrogen (secondary N) is 1. The molecule has 1 spiro atoms. The van der Waals surface area contributed by atoms with Crippen LogP contribution in [0, 0.1) is 11.3 Å². The summed E-state index contributed by atoms with van der Waals surface area (Å²) in [5, 5.41) is 3.72. The number of likely N-dealkylation sites (tertiary alicyclic amines) is 2. The predicted octanol–water partition coefficient (Wildman–Crippen LogP) is 4.35. The number of carbonyl (C=O) groups is 3. The van der Waals surface area contributed by atoms with E-state index >= 15 is 0 Å². The summed E-state index contributed by atoms with van der Waals surface area (Å²) in [6.07, 6.45) is 7.68. The van der Waals surface area contributed by atoms with E-state index < -0.39 is 6.04 Å². The standard InChI is InChI=1S/C43H53N7O6/c1-44-41(52)36(7-6-14-51)50-23-29-8-9-31(17-32(29)42(50)53)49-26-43(27-49)10-12-47(13-11-43)20-28-21-48(22-28)25-35-38(54-3)15-30(16-39(35)55-4)34-24-46(2)37-19-45-40(56-5)18-33(34)37/h8-9,14-19,24,28,36H,6-7,10-13,20-23,25-27H2,1-5H3,(H,44,52). The molecule has 0 aliphatic carbocycles. The molecule has 2 amide bonds. The van der Waals surface area contributed by atoms with Crippen molar-refractivity contribution in [3.8, 4) is 28.5 Å². The first-order chi connectivity index (χ1) is 27.2. The molecule has 296 valence electrons. The van der Waals surface area contributed by atoms with Gasteiger partial charge in [-0.05, 0) is 73.7 Å². The third-order valence-corrected chi connectivity index (χ3v) is 12.7. The van der Waals surface area contributed by atoms with Gasteiger partial charge in [-0.15, -0.1) is 0 Å². The molecule has 3 fully saturated rings. The number of piperidine rings is 1. The molecule has 56 heavy (non-hydrogen) atoms. The Kier molecular flexibility index (Phi) is 10.4. The van der Waals surface area contributed by atoms with Gasteiger partial charge in [-0.2, -0.15) is 0 Å². The molecule has 13 nitrogen and oxygen atoms in total. The molecule has 8 rings (SSSR count). The van der Waals surface area contributed by atoms with Crippen LogP contribution < -0.4 is 24.4 Å². The molecule has 13 heteroatoms. The van der Waals surface area contributed by atoms with Crippen LogP contribution in [0.4, 0.5) is 5.69 Å². The van der Waals surface area contributed by atoms with E-state index in [-0.39, 0.29) is 18.2 Å². The summed E-state index contributed by atoms with van der Waals surface area (Å²) in [6.45, 7) is 8.62. The summed E-state index contributed by atoms with van der Waals surface area (Å²) in [5.74, 6) is 2.50. The highest BCUT2D eigenvalue weighted by atomic mass is 16.5. The molecule has 6 heterocycles. The number of hydrogen-bond donors (Lipinski definition) is 1. The molecule has 4 aromatic rings. The number of pyridine rings is 1. The summed E-state index contributed by atoms with van der Waals surface area (Å²) in [5.41, 5.74) is 7.19. The number of fused-ring (bicyclic) bond motifs is 2. The molecular weight excluding hydrogens is 711 g/mol. The van der Waals surface area contributed by atoms with Gasteiger partial charge in [0, 0.05) is 106 Å². The summed E-state index contributed by atoms with van der Waals surface area (Å²) in [7, 11) is 8.68. The van der Waals surface area contributed by atoms with Gasteiger partial charge in [-0.25, -0.2) is 4.98 Å². The maximum Gasteiger partial charge on any atom is 0.255 e. The minimum Gasteiger partial charge on any atom is -0.496 e. The van der Waals surface area contributed by atoms with Crippen molar-refractivity contribution in [3.05, 3.63) is 65.5 Å². The number of benzene rings is 2. The van der Waals surface area contributed by atoms with Crippen LogP contribution in [-0.4, -0.2) is 123 Å². The van der Waals surface area contributed by atoms with Gasteiger partial charge in [0.25, 0.3) is 5.91 Å². The maximum atomic E-state index is 13.4. The van der Waals surface area contributed by atoms with Crippen LogP contribution in [0.2, 0.25) is 0 Å². The lowest BCUT2D eigenvalue weighted by Gasteiger charge is -2.55. The van der Waals surface area contributed by atoms with E-state index in [2.05, 4.69) is 54.0 Å². The molecule has 1 N–H and O–H groups in total. The average molecular weight is 764 g/mol. The number of aromatic nitrogens is 2. The molecular formula is C43H53N7O6. The van der Waals surface area contributed by atoms with Gasteiger partial charge in [0.05, 0.1) is 38.6 Å². The smallest absolute Gasteiger partial charge is 0.255 e. The van der Waals surface area contributed by atoms with Crippen LogP contribution in [0.1, 0.15) is 47.2 Å². The average Bonchev–Trinajstić information content (AvgIpc) is 3.70.